The quantitative estimate of drug-likeness (QED) is 0.394. The summed E-state index contributed by atoms with van der Waals surface area (Å²) in [7, 11) is -2.76. The zero-order valence-corrected chi connectivity index (χ0v) is 22.2. The van der Waals surface area contributed by atoms with Crippen LogP contribution in [0.4, 0.5) is 0 Å². The van der Waals surface area contributed by atoms with Crippen LogP contribution in [-0.2, 0) is 30.5 Å². The van der Waals surface area contributed by atoms with Gasteiger partial charge in [0.25, 0.3) is 0 Å². The molecule has 0 radical (unpaired) electrons. The summed E-state index contributed by atoms with van der Waals surface area (Å²) < 4.78 is 43.4. The minimum absolute atomic E-state index is 0.0221. The minimum atomic E-state index is -3.42. The number of sulfonamides is 1. The largest absolute Gasteiger partial charge is 0.496 e. The van der Waals surface area contributed by atoms with Gasteiger partial charge in [-0.15, -0.1) is 0 Å². The Morgan fingerprint density at radius 3 is 2.61 bits per heavy atom. The third-order valence-corrected chi connectivity index (χ3v) is 9.06. The second-order valence-electron chi connectivity index (χ2n) is 10.9. The van der Waals surface area contributed by atoms with E-state index in [0.29, 0.717) is 17.4 Å². The molecule has 1 aromatic carbocycles. The predicted molar refractivity (Wildman–Crippen MR) is 133 cm³/mol. The van der Waals surface area contributed by atoms with Crippen LogP contribution in [0, 0.1) is 17.3 Å². The van der Waals surface area contributed by atoms with Crippen molar-refractivity contribution in [1.82, 2.24) is 10.0 Å². The van der Waals surface area contributed by atoms with E-state index in [-0.39, 0.29) is 48.1 Å². The van der Waals surface area contributed by atoms with Gasteiger partial charge in [-0.25, -0.2) is 17.9 Å². The number of carboxylic acid groups (broad SMARTS) is 1. The van der Waals surface area contributed by atoms with Gasteiger partial charge in [0, 0.05) is 13.0 Å². The molecule has 5 atom stereocenters. The Morgan fingerprint density at radius 2 is 2.00 bits per heavy atom. The van der Waals surface area contributed by atoms with E-state index in [1.165, 1.54) is 13.2 Å². The Balaban J connectivity index is 1.57. The zero-order chi connectivity index (χ0) is 26.5. The molecule has 3 N–H and O–H groups in total. The van der Waals surface area contributed by atoms with Crippen LogP contribution in [-0.4, -0.2) is 70.1 Å². The number of hydrogen-bond acceptors (Lipinski definition) is 7. The highest BCUT2D eigenvalue weighted by atomic mass is 32.2. The van der Waals surface area contributed by atoms with Crippen LogP contribution in [0.1, 0.15) is 56.0 Å². The first-order valence-corrected chi connectivity index (χ1v) is 14.1. The highest BCUT2D eigenvalue weighted by Crippen LogP contribution is 2.65. The number of benzene rings is 1. The summed E-state index contributed by atoms with van der Waals surface area (Å²) >= 11 is 0. The highest BCUT2D eigenvalue weighted by Gasteiger charge is 2.68. The number of methoxy groups -OCH3 is 1. The first-order chi connectivity index (χ1) is 16.8. The van der Waals surface area contributed by atoms with Gasteiger partial charge in [0.1, 0.15) is 11.3 Å². The number of amides is 1. The van der Waals surface area contributed by atoms with Crippen LogP contribution in [0.3, 0.4) is 0 Å². The van der Waals surface area contributed by atoms with Crippen molar-refractivity contribution in [1.29, 1.82) is 0 Å². The minimum Gasteiger partial charge on any atom is -0.496 e. The smallest absolute Gasteiger partial charge is 0.482 e. The van der Waals surface area contributed by atoms with Gasteiger partial charge in [-0.05, 0) is 55.1 Å². The van der Waals surface area contributed by atoms with Gasteiger partial charge in [-0.2, -0.15) is 0 Å². The Hall–Kier alpha value is -2.15. The summed E-state index contributed by atoms with van der Waals surface area (Å²) in [6.07, 6.45) is 3.04. The molecule has 0 spiro atoms. The molecule has 10 nitrogen and oxygen atoms in total. The number of aromatic carboxylic acids is 1. The molecule has 36 heavy (non-hydrogen) atoms. The van der Waals surface area contributed by atoms with Crippen molar-refractivity contribution in [3.05, 3.63) is 29.3 Å². The number of ether oxygens (including phenoxy) is 1. The van der Waals surface area contributed by atoms with Crippen LogP contribution < -0.4 is 14.8 Å². The van der Waals surface area contributed by atoms with Gasteiger partial charge in [0.15, 0.2) is 0 Å². The van der Waals surface area contributed by atoms with Crippen molar-refractivity contribution in [3.63, 3.8) is 0 Å². The summed E-state index contributed by atoms with van der Waals surface area (Å²) in [4.78, 5) is 24.5. The van der Waals surface area contributed by atoms with E-state index in [0.717, 1.165) is 19.1 Å². The third-order valence-electron chi connectivity index (χ3n) is 8.33. The SMILES string of the molecule is COc1c(CC(NC(=O)CCNS(C)(=O)=O)B2OC3CC4CC(C4(C)C)C3(C)O2)cccc1C(=O)O. The van der Waals surface area contributed by atoms with Crippen molar-refractivity contribution in [3.8, 4) is 5.75 Å². The van der Waals surface area contributed by atoms with Gasteiger partial charge in [-0.1, -0.05) is 26.0 Å². The molecule has 4 fully saturated rings. The Morgan fingerprint density at radius 1 is 1.28 bits per heavy atom. The van der Waals surface area contributed by atoms with E-state index in [9.17, 15) is 23.1 Å². The maximum atomic E-state index is 12.8. The molecule has 198 valence electrons. The first kappa shape index (κ1) is 26.9. The summed E-state index contributed by atoms with van der Waals surface area (Å²) in [5, 5.41) is 12.5. The number of rotatable bonds is 10. The first-order valence-electron chi connectivity index (χ1n) is 12.2. The number of carbonyl (C=O) groups excluding carboxylic acids is 1. The third kappa shape index (κ3) is 5.00. The lowest BCUT2D eigenvalue weighted by molar-refractivity contribution is -0.199. The summed E-state index contributed by atoms with van der Waals surface area (Å²) in [5.41, 5.74) is 0.276. The molecule has 1 heterocycles. The standard InChI is InChI=1S/C24H35BN2O8S/c1-23(2)15-12-17(23)24(3)18(13-15)34-25(35-24)19(27-20(28)9-10-26-36(5,31)32)11-14-7-6-8-16(22(29)30)21(14)33-4/h6-8,15,17-19,26H,9-13H2,1-5H3,(H,27,28)(H,29,30). The number of nitrogens with one attached hydrogen (secondary N) is 2. The lowest BCUT2D eigenvalue weighted by atomic mass is 9.43. The van der Waals surface area contributed by atoms with Crippen molar-refractivity contribution in [2.45, 2.75) is 64.1 Å². The van der Waals surface area contributed by atoms with Crippen molar-refractivity contribution in [2.24, 2.45) is 17.3 Å². The average molecular weight is 522 g/mol. The molecule has 0 aromatic heterocycles. The number of carbonyl (C=O) groups is 2. The van der Waals surface area contributed by atoms with Crippen molar-refractivity contribution in [2.75, 3.05) is 19.9 Å². The topological polar surface area (TPSA) is 140 Å². The Kier molecular flexibility index (Phi) is 7.19. The fourth-order valence-electron chi connectivity index (χ4n) is 6.31. The number of para-hydroxylation sites is 1. The average Bonchev–Trinajstić information content (AvgIpc) is 3.14. The highest BCUT2D eigenvalue weighted by molar-refractivity contribution is 7.88. The van der Waals surface area contributed by atoms with E-state index < -0.39 is 34.7 Å². The fraction of sp³-hybridized carbons (Fsp3) is 0.667. The Bertz CT molecular complexity index is 1140. The van der Waals surface area contributed by atoms with Crippen LogP contribution in [0.15, 0.2) is 18.2 Å². The molecule has 1 amide bonds. The Labute approximate surface area is 212 Å². The van der Waals surface area contributed by atoms with Crippen LogP contribution >= 0.6 is 0 Å². The molecule has 5 rings (SSSR count). The zero-order valence-electron chi connectivity index (χ0n) is 21.4. The van der Waals surface area contributed by atoms with Gasteiger partial charge < -0.3 is 24.5 Å². The molecular formula is C24H35BN2O8S. The molecule has 1 aromatic rings. The van der Waals surface area contributed by atoms with E-state index in [1.807, 2.05) is 0 Å². The van der Waals surface area contributed by atoms with E-state index >= 15 is 0 Å². The van der Waals surface area contributed by atoms with Crippen LogP contribution in [0.25, 0.3) is 0 Å². The van der Waals surface area contributed by atoms with Gasteiger partial charge in [0.2, 0.25) is 15.9 Å². The predicted octanol–water partition coefficient (Wildman–Crippen LogP) is 1.63. The van der Waals surface area contributed by atoms with Gasteiger partial charge >= 0.3 is 13.1 Å². The molecule has 4 aliphatic rings. The maximum Gasteiger partial charge on any atom is 0.482 e. The second kappa shape index (κ2) is 9.62. The second-order valence-corrected chi connectivity index (χ2v) is 12.8. The fourth-order valence-corrected chi connectivity index (χ4v) is 6.78. The van der Waals surface area contributed by atoms with E-state index in [4.69, 9.17) is 14.0 Å². The molecule has 5 unspecified atom stereocenters. The molecule has 1 saturated heterocycles. The molecule has 1 aliphatic heterocycles. The lowest BCUT2D eigenvalue weighted by Gasteiger charge is -2.64. The number of hydrogen-bond donors (Lipinski definition) is 3. The summed E-state index contributed by atoms with van der Waals surface area (Å²) in [6, 6.07) is 4.84. The summed E-state index contributed by atoms with van der Waals surface area (Å²) in [5.74, 6) is -1.02. The normalized spacial score (nSPS) is 29.1. The maximum absolute atomic E-state index is 12.8. The van der Waals surface area contributed by atoms with Crippen molar-refractivity contribution < 1.29 is 37.2 Å². The van der Waals surface area contributed by atoms with E-state index in [2.05, 4.69) is 30.8 Å². The summed E-state index contributed by atoms with van der Waals surface area (Å²) in [6.45, 7) is 6.57. The molecule has 2 bridgehead atoms. The molecular weight excluding hydrogens is 487 g/mol. The molecule has 3 saturated carbocycles. The lowest BCUT2D eigenvalue weighted by Crippen LogP contribution is -2.65. The van der Waals surface area contributed by atoms with Gasteiger partial charge in [-0.3, -0.25) is 4.79 Å². The van der Waals surface area contributed by atoms with Gasteiger partial charge in [0.05, 0.1) is 31.0 Å². The monoisotopic (exact) mass is 522 g/mol. The van der Waals surface area contributed by atoms with Crippen molar-refractivity contribution >= 4 is 29.0 Å². The van der Waals surface area contributed by atoms with Crippen LogP contribution in [0.2, 0.25) is 0 Å². The number of carboxylic acids is 1. The van der Waals surface area contributed by atoms with Crippen LogP contribution in [0.5, 0.6) is 5.75 Å². The molecule has 12 heteroatoms. The van der Waals surface area contributed by atoms with E-state index in [1.54, 1.807) is 12.1 Å². The molecule has 3 aliphatic carbocycles.